The van der Waals surface area contributed by atoms with E-state index in [2.05, 4.69) is 17.4 Å². The Balaban J connectivity index is 2.02. The van der Waals surface area contributed by atoms with Gasteiger partial charge in [0.15, 0.2) is 6.20 Å². The molecule has 2 aromatic rings. The van der Waals surface area contributed by atoms with Crippen LogP contribution in [0.2, 0.25) is 5.02 Å². The van der Waals surface area contributed by atoms with Gasteiger partial charge in [0.2, 0.25) is 5.69 Å². The minimum Gasteiger partial charge on any atom is -0.618 e. The number of benzene rings is 1. The maximum atomic E-state index is 12.6. The molecule has 3 nitrogen and oxygen atoms in total. The van der Waals surface area contributed by atoms with Crippen LogP contribution in [0.4, 0.5) is 0 Å². The molecule has 0 unspecified atom stereocenters. The molecule has 4 rings (SSSR count). The third kappa shape index (κ3) is 2.75. The molecule has 0 bridgehead atoms. The molecule has 3 heterocycles. The number of halogens is 1. The summed E-state index contributed by atoms with van der Waals surface area (Å²) in [6.45, 7) is 1.94. The lowest BCUT2D eigenvalue weighted by Gasteiger charge is -2.21. The van der Waals surface area contributed by atoms with Crippen LogP contribution in [0.5, 0.6) is 0 Å². The van der Waals surface area contributed by atoms with Crippen LogP contribution in [-0.4, -0.2) is 13.1 Å². The molecular weight excluding hydrogens is 328 g/mol. The van der Waals surface area contributed by atoms with E-state index >= 15 is 0 Å². The zero-order valence-corrected chi connectivity index (χ0v) is 14.2. The van der Waals surface area contributed by atoms with Crippen LogP contribution in [0.3, 0.4) is 0 Å². The molecule has 0 spiro atoms. The second-order valence-electron chi connectivity index (χ2n) is 5.87. The summed E-state index contributed by atoms with van der Waals surface area (Å²) < 4.78 is 1.03. The molecule has 0 saturated carbocycles. The van der Waals surface area contributed by atoms with Crippen molar-refractivity contribution in [1.29, 1.82) is 0 Å². The highest BCUT2D eigenvalue weighted by Crippen LogP contribution is 2.42. The Morgan fingerprint density at radius 2 is 2.00 bits per heavy atom. The lowest BCUT2D eigenvalue weighted by molar-refractivity contribution is -0.608. The number of fused-ring (bicyclic) bond motifs is 2. The Bertz CT molecular complexity index is 796. The molecule has 0 amide bonds. The number of hydrogen-bond donors (Lipinski definition) is 1. The smallest absolute Gasteiger partial charge is 0.228 e. The van der Waals surface area contributed by atoms with Crippen molar-refractivity contribution in [3.63, 3.8) is 0 Å². The SMILES string of the molecule is [O-][n+]1cccc2c1C(=C1CCNCC1)c1ccc(Cl)cc1SC2. The van der Waals surface area contributed by atoms with Gasteiger partial charge in [-0.1, -0.05) is 23.2 Å². The van der Waals surface area contributed by atoms with Crippen LogP contribution in [-0.2, 0) is 5.75 Å². The Labute approximate surface area is 144 Å². The monoisotopic (exact) mass is 344 g/mol. The van der Waals surface area contributed by atoms with Gasteiger partial charge in [-0.15, -0.1) is 11.8 Å². The van der Waals surface area contributed by atoms with E-state index < -0.39 is 0 Å². The molecule has 1 aromatic heterocycles. The third-order valence-electron chi connectivity index (χ3n) is 4.44. The minimum absolute atomic E-state index is 0.742. The van der Waals surface area contributed by atoms with Gasteiger partial charge in [-0.25, -0.2) is 0 Å². The van der Waals surface area contributed by atoms with E-state index in [0.717, 1.165) is 68.7 Å². The summed E-state index contributed by atoms with van der Waals surface area (Å²) in [5.41, 5.74) is 5.55. The highest BCUT2D eigenvalue weighted by molar-refractivity contribution is 7.98. The molecule has 1 saturated heterocycles. The zero-order valence-electron chi connectivity index (χ0n) is 12.6. The van der Waals surface area contributed by atoms with Crippen LogP contribution >= 0.6 is 23.4 Å². The van der Waals surface area contributed by atoms with Crippen molar-refractivity contribution in [2.45, 2.75) is 23.5 Å². The van der Waals surface area contributed by atoms with E-state index in [1.54, 1.807) is 18.0 Å². The summed E-state index contributed by atoms with van der Waals surface area (Å²) in [5.74, 6) is 0.792. The average molecular weight is 345 g/mol. The molecule has 1 N–H and O–H groups in total. The van der Waals surface area contributed by atoms with Gasteiger partial charge in [0.05, 0.1) is 5.57 Å². The predicted octanol–water partition coefficient (Wildman–Crippen LogP) is 3.76. The average Bonchev–Trinajstić information content (AvgIpc) is 2.73. The fourth-order valence-corrected chi connectivity index (χ4v) is 4.68. The number of aromatic nitrogens is 1. The number of thioether (sulfide) groups is 1. The molecule has 0 aliphatic carbocycles. The van der Waals surface area contributed by atoms with Gasteiger partial charge < -0.3 is 10.5 Å². The van der Waals surface area contributed by atoms with Gasteiger partial charge in [-0.2, -0.15) is 4.73 Å². The van der Waals surface area contributed by atoms with Crippen LogP contribution in [0.15, 0.2) is 47.0 Å². The van der Waals surface area contributed by atoms with Gasteiger partial charge in [0.25, 0.3) is 0 Å². The van der Waals surface area contributed by atoms with Crippen LogP contribution < -0.4 is 10.0 Å². The van der Waals surface area contributed by atoms with Crippen LogP contribution in [0.1, 0.15) is 29.7 Å². The largest absolute Gasteiger partial charge is 0.618 e. The van der Waals surface area contributed by atoms with Crippen LogP contribution in [0.25, 0.3) is 5.57 Å². The fraction of sp³-hybridized carbons (Fsp3) is 0.278. The summed E-state index contributed by atoms with van der Waals surface area (Å²) in [4.78, 5) is 1.16. The van der Waals surface area contributed by atoms with E-state index in [1.807, 2.05) is 18.2 Å². The molecule has 5 heteroatoms. The van der Waals surface area contributed by atoms with Crippen molar-refractivity contribution < 1.29 is 4.73 Å². The first-order valence-electron chi connectivity index (χ1n) is 7.81. The normalized spacial score (nSPS) is 17.4. The summed E-state index contributed by atoms with van der Waals surface area (Å²) in [6, 6.07) is 9.90. The molecule has 2 aliphatic heterocycles. The standard InChI is InChI=1S/C18H17ClN2OS/c19-14-3-4-15-16(10-14)23-11-13-2-1-9-21(22)18(13)17(15)12-5-7-20-8-6-12/h1-4,9-10,20H,5-8,11H2. The lowest BCUT2D eigenvalue weighted by Crippen LogP contribution is -2.33. The predicted molar refractivity (Wildman–Crippen MR) is 94.5 cm³/mol. The number of nitrogens with zero attached hydrogens (tertiary/aromatic N) is 1. The van der Waals surface area contributed by atoms with Crippen molar-refractivity contribution in [3.8, 4) is 0 Å². The Morgan fingerprint density at radius 1 is 1.17 bits per heavy atom. The van der Waals surface area contributed by atoms with E-state index in [9.17, 15) is 5.21 Å². The Kier molecular flexibility index (Phi) is 4.05. The third-order valence-corrected chi connectivity index (χ3v) is 5.78. The van der Waals surface area contributed by atoms with Crippen molar-refractivity contribution in [1.82, 2.24) is 5.32 Å². The maximum absolute atomic E-state index is 12.6. The Morgan fingerprint density at radius 3 is 2.83 bits per heavy atom. The summed E-state index contributed by atoms with van der Waals surface area (Å²) in [5, 5.41) is 16.7. The summed E-state index contributed by atoms with van der Waals surface area (Å²) in [7, 11) is 0. The van der Waals surface area contributed by atoms with E-state index in [0.29, 0.717) is 0 Å². The summed E-state index contributed by atoms with van der Waals surface area (Å²) >= 11 is 7.96. The quantitative estimate of drug-likeness (QED) is 0.584. The van der Waals surface area contributed by atoms with Crippen molar-refractivity contribution in [3.05, 3.63) is 69.2 Å². The topological polar surface area (TPSA) is 39.0 Å². The number of pyridine rings is 1. The summed E-state index contributed by atoms with van der Waals surface area (Å²) in [6.07, 6.45) is 3.57. The highest BCUT2D eigenvalue weighted by atomic mass is 35.5. The van der Waals surface area contributed by atoms with Gasteiger partial charge in [-0.3, -0.25) is 0 Å². The van der Waals surface area contributed by atoms with Gasteiger partial charge in [-0.05, 0) is 44.1 Å². The van der Waals surface area contributed by atoms with Crippen LogP contribution in [0, 0.1) is 5.21 Å². The van der Waals surface area contributed by atoms with Gasteiger partial charge in [0.1, 0.15) is 0 Å². The van der Waals surface area contributed by atoms with E-state index in [1.165, 1.54) is 5.57 Å². The number of hydrogen-bond acceptors (Lipinski definition) is 3. The first kappa shape index (κ1) is 15.1. The van der Waals surface area contributed by atoms with Gasteiger partial charge in [0, 0.05) is 32.9 Å². The molecular formula is C18H17ClN2OS. The first-order valence-corrected chi connectivity index (χ1v) is 9.17. The number of piperidine rings is 1. The molecule has 118 valence electrons. The first-order chi connectivity index (χ1) is 11.2. The Hall–Kier alpha value is -1.49. The number of rotatable bonds is 0. The van der Waals surface area contributed by atoms with E-state index in [-0.39, 0.29) is 0 Å². The van der Waals surface area contributed by atoms with E-state index in [4.69, 9.17) is 11.6 Å². The van der Waals surface area contributed by atoms with Gasteiger partial charge >= 0.3 is 0 Å². The minimum atomic E-state index is 0.742. The molecule has 1 fully saturated rings. The van der Waals surface area contributed by atoms with Crippen molar-refractivity contribution >= 4 is 28.9 Å². The molecule has 0 atom stereocenters. The molecule has 0 radical (unpaired) electrons. The lowest BCUT2D eigenvalue weighted by atomic mass is 9.89. The zero-order chi connectivity index (χ0) is 15.8. The van der Waals surface area contributed by atoms with Crippen molar-refractivity contribution in [2.75, 3.05) is 13.1 Å². The fourth-order valence-electron chi connectivity index (χ4n) is 3.36. The number of nitrogens with one attached hydrogen (secondary N) is 1. The maximum Gasteiger partial charge on any atom is 0.228 e. The highest BCUT2D eigenvalue weighted by Gasteiger charge is 2.28. The molecule has 1 aromatic carbocycles. The second-order valence-corrected chi connectivity index (χ2v) is 7.32. The molecule has 23 heavy (non-hydrogen) atoms. The molecule has 2 aliphatic rings. The van der Waals surface area contributed by atoms with Crippen molar-refractivity contribution in [2.24, 2.45) is 0 Å². The second kappa shape index (κ2) is 6.19.